The summed E-state index contributed by atoms with van der Waals surface area (Å²) in [7, 11) is 3.16. The van der Waals surface area contributed by atoms with E-state index >= 15 is 0 Å². The van der Waals surface area contributed by atoms with Crippen molar-refractivity contribution < 1.29 is 19.0 Å². The van der Waals surface area contributed by atoms with Crippen LogP contribution in [0, 0.1) is 6.92 Å². The van der Waals surface area contributed by atoms with E-state index in [1.165, 1.54) is 5.56 Å². The number of nitrogen functional groups attached to an aromatic ring is 1. The van der Waals surface area contributed by atoms with Gasteiger partial charge in [-0.25, -0.2) is 4.98 Å². The average molecular weight is 528 g/mol. The third-order valence-corrected chi connectivity index (χ3v) is 6.98. The highest BCUT2D eigenvalue weighted by molar-refractivity contribution is 5.95. The maximum atomic E-state index is 13.3. The summed E-state index contributed by atoms with van der Waals surface area (Å²) in [6.07, 6.45) is 0.833. The number of methoxy groups -OCH3 is 2. The second-order valence-electron chi connectivity index (χ2n) is 9.48. The second-order valence-corrected chi connectivity index (χ2v) is 9.48. The number of aromatic nitrogens is 2. The van der Waals surface area contributed by atoms with Crippen LogP contribution >= 0.6 is 0 Å². The number of carbonyl (C=O) groups excluding carboxylic acids is 1. The molecule has 1 aliphatic heterocycles. The molecule has 0 unspecified atom stereocenters. The van der Waals surface area contributed by atoms with Crippen LogP contribution in [0.1, 0.15) is 21.5 Å². The van der Waals surface area contributed by atoms with Crippen molar-refractivity contribution in [2.24, 2.45) is 0 Å². The highest BCUT2D eigenvalue weighted by Gasteiger charge is 2.25. The molecular formula is C30H33N5O4. The van der Waals surface area contributed by atoms with E-state index < -0.39 is 0 Å². The van der Waals surface area contributed by atoms with E-state index in [2.05, 4.69) is 17.1 Å². The monoisotopic (exact) mass is 527 g/mol. The smallest absolute Gasteiger partial charge is 0.253 e. The minimum absolute atomic E-state index is 0.00404. The Labute approximate surface area is 228 Å². The van der Waals surface area contributed by atoms with Gasteiger partial charge in [-0.3, -0.25) is 4.79 Å². The highest BCUT2D eigenvalue weighted by atomic mass is 16.5. The van der Waals surface area contributed by atoms with Crippen molar-refractivity contribution in [1.82, 2.24) is 14.9 Å². The molecule has 4 aromatic rings. The molecule has 39 heavy (non-hydrogen) atoms. The fourth-order valence-corrected chi connectivity index (χ4v) is 4.77. The zero-order chi connectivity index (χ0) is 27.4. The summed E-state index contributed by atoms with van der Waals surface area (Å²) in [6, 6.07) is 19.5. The van der Waals surface area contributed by atoms with E-state index in [1.807, 2.05) is 53.1 Å². The van der Waals surface area contributed by atoms with E-state index in [1.54, 1.807) is 26.4 Å². The molecule has 5 rings (SSSR count). The van der Waals surface area contributed by atoms with Gasteiger partial charge in [-0.1, -0.05) is 30.3 Å². The molecule has 1 aliphatic rings. The van der Waals surface area contributed by atoms with Crippen molar-refractivity contribution in [2.75, 3.05) is 57.6 Å². The first kappa shape index (κ1) is 26.1. The van der Waals surface area contributed by atoms with Crippen molar-refractivity contribution in [3.05, 3.63) is 77.4 Å². The molecule has 3 aromatic carbocycles. The van der Waals surface area contributed by atoms with Crippen LogP contribution in [0.25, 0.3) is 10.9 Å². The predicted octanol–water partition coefficient (Wildman–Crippen LogP) is 4.12. The van der Waals surface area contributed by atoms with Crippen LogP contribution in [0.4, 0.5) is 11.8 Å². The molecule has 0 atom stereocenters. The molecule has 1 fully saturated rings. The number of benzene rings is 3. The van der Waals surface area contributed by atoms with Gasteiger partial charge in [-0.05, 0) is 42.3 Å². The fourth-order valence-electron chi connectivity index (χ4n) is 4.77. The molecule has 2 heterocycles. The second kappa shape index (κ2) is 11.5. The molecule has 0 radical (unpaired) electrons. The number of rotatable bonds is 8. The topological polar surface area (TPSA) is 103 Å². The number of carbonyl (C=O) groups is 1. The number of aryl methyl sites for hydroxylation is 1. The van der Waals surface area contributed by atoms with E-state index in [0.29, 0.717) is 72.5 Å². The van der Waals surface area contributed by atoms with E-state index in [0.717, 1.165) is 17.7 Å². The Morgan fingerprint density at radius 1 is 0.897 bits per heavy atom. The van der Waals surface area contributed by atoms with Gasteiger partial charge in [0.2, 0.25) is 5.95 Å². The van der Waals surface area contributed by atoms with Crippen LogP contribution in [0.2, 0.25) is 0 Å². The number of piperazine rings is 1. The van der Waals surface area contributed by atoms with Crippen LogP contribution in [-0.4, -0.2) is 67.8 Å². The van der Waals surface area contributed by atoms with Gasteiger partial charge in [0, 0.05) is 49.6 Å². The van der Waals surface area contributed by atoms with Gasteiger partial charge >= 0.3 is 0 Å². The lowest BCUT2D eigenvalue weighted by molar-refractivity contribution is 0.0746. The van der Waals surface area contributed by atoms with Gasteiger partial charge in [-0.2, -0.15) is 4.98 Å². The molecular weight excluding hydrogens is 494 g/mol. The standard InChI is InChI=1S/C30H33N5O4/c1-20-17-22(9-10-25(20)39-16-11-21-7-5-4-6-8-21)29(36)34-12-14-35(15-13-34)30-32-24-19-27(38-3)26(37-2)18-23(24)28(31)33-30/h4-10,17-19H,11-16H2,1-3H3,(H2,31,32,33). The zero-order valence-corrected chi connectivity index (χ0v) is 22.5. The molecule has 2 N–H and O–H groups in total. The summed E-state index contributed by atoms with van der Waals surface area (Å²) in [4.78, 5) is 26.4. The Kier molecular flexibility index (Phi) is 7.67. The Hall–Kier alpha value is -4.53. The van der Waals surface area contributed by atoms with Gasteiger partial charge in [0.15, 0.2) is 11.5 Å². The highest BCUT2D eigenvalue weighted by Crippen LogP contribution is 2.34. The van der Waals surface area contributed by atoms with Gasteiger partial charge in [-0.15, -0.1) is 0 Å². The van der Waals surface area contributed by atoms with Crippen molar-refractivity contribution in [1.29, 1.82) is 0 Å². The average Bonchev–Trinajstić information content (AvgIpc) is 2.97. The minimum atomic E-state index is 0.00404. The summed E-state index contributed by atoms with van der Waals surface area (Å²) in [5.41, 5.74) is 9.78. The minimum Gasteiger partial charge on any atom is -0.493 e. The normalized spacial score (nSPS) is 13.4. The lowest BCUT2D eigenvalue weighted by Gasteiger charge is -2.35. The van der Waals surface area contributed by atoms with E-state index in [-0.39, 0.29) is 5.91 Å². The molecule has 0 spiro atoms. The van der Waals surface area contributed by atoms with Crippen LogP contribution in [0.5, 0.6) is 17.2 Å². The predicted molar refractivity (Wildman–Crippen MR) is 152 cm³/mol. The summed E-state index contributed by atoms with van der Waals surface area (Å²) < 4.78 is 16.8. The molecule has 1 aromatic heterocycles. The number of ether oxygens (including phenoxy) is 3. The van der Waals surface area contributed by atoms with Gasteiger partial charge in [0.05, 0.1) is 26.3 Å². The third-order valence-electron chi connectivity index (χ3n) is 6.98. The maximum absolute atomic E-state index is 13.3. The number of nitrogens with zero attached hydrogens (tertiary/aromatic N) is 4. The van der Waals surface area contributed by atoms with Crippen molar-refractivity contribution in [3.8, 4) is 17.2 Å². The molecule has 0 saturated carbocycles. The first-order valence-electron chi connectivity index (χ1n) is 13.0. The zero-order valence-electron chi connectivity index (χ0n) is 22.5. The number of fused-ring (bicyclic) bond motifs is 1. The van der Waals surface area contributed by atoms with Crippen LogP contribution in [0.15, 0.2) is 60.7 Å². The van der Waals surface area contributed by atoms with Crippen molar-refractivity contribution in [3.63, 3.8) is 0 Å². The largest absolute Gasteiger partial charge is 0.493 e. The number of anilines is 2. The number of nitrogens with two attached hydrogens (primary N) is 1. The molecule has 9 nitrogen and oxygen atoms in total. The number of amides is 1. The quantitative estimate of drug-likeness (QED) is 0.365. The Morgan fingerprint density at radius 3 is 2.31 bits per heavy atom. The molecule has 9 heteroatoms. The number of hydrogen-bond acceptors (Lipinski definition) is 8. The molecule has 0 aliphatic carbocycles. The Bertz CT molecular complexity index is 1470. The van der Waals surface area contributed by atoms with Gasteiger partial charge in [0.25, 0.3) is 5.91 Å². The summed E-state index contributed by atoms with van der Waals surface area (Å²) in [5, 5.41) is 0.702. The Morgan fingerprint density at radius 2 is 1.62 bits per heavy atom. The third kappa shape index (κ3) is 5.67. The SMILES string of the molecule is COc1cc2nc(N3CCN(C(=O)c4ccc(OCCc5ccccc5)c(C)c4)CC3)nc(N)c2cc1OC. The van der Waals surface area contributed by atoms with Crippen molar-refractivity contribution in [2.45, 2.75) is 13.3 Å². The summed E-state index contributed by atoms with van der Waals surface area (Å²) in [6.45, 7) is 4.87. The number of hydrogen-bond donors (Lipinski definition) is 1. The van der Waals surface area contributed by atoms with Crippen LogP contribution in [0.3, 0.4) is 0 Å². The van der Waals surface area contributed by atoms with Gasteiger partial charge in [0.1, 0.15) is 11.6 Å². The molecule has 1 saturated heterocycles. The molecule has 1 amide bonds. The fraction of sp³-hybridized carbons (Fsp3) is 0.300. The van der Waals surface area contributed by atoms with E-state index in [9.17, 15) is 4.79 Å². The van der Waals surface area contributed by atoms with E-state index in [4.69, 9.17) is 24.9 Å². The first-order valence-corrected chi connectivity index (χ1v) is 13.0. The Balaban J connectivity index is 1.21. The maximum Gasteiger partial charge on any atom is 0.253 e. The van der Waals surface area contributed by atoms with Crippen LogP contribution in [-0.2, 0) is 6.42 Å². The first-order chi connectivity index (χ1) is 19.0. The summed E-state index contributed by atoms with van der Waals surface area (Å²) >= 11 is 0. The molecule has 202 valence electrons. The lowest BCUT2D eigenvalue weighted by Crippen LogP contribution is -2.49. The van der Waals surface area contributed by atoms with Crippen LogP contribution < -0.4 is 24.8 Å². The van der Waals surface area contributed by atoms with Gasteiger partial charge < -0.3 is 29.7 Å². The lowest BCUT2D eigenvalue weighted by atomic mass is 10.1. The molecule has 0 bridgehead atoms. The summed E-state index contributed by atoms with van der Waals surface area (Å²) in [5.74, 6) is 2.86. The van der Waals surface area contributed by atoms with Crippen molar-refractivity contribution >= 4 is 28.6 Å².